The lowest BCUT2D eigenvalue weighted by molar-refractivity contribution is -0.120. The molecule has 1 N–H and O–H groups in total. The molecule has 0 saturated heterocycles. The molecule has 0 radical (unpaired) electrons. The largest absolute Gasteiger partial charge is 0.352 e. The van der Waals surface area contributed by atoms with Crippen LogP contribution in [0.2, 0.25) is 5.02 Å². The summed E-state index contributed by atoms with van der Waals surface area (Å²) in [5, 5.41) is 8.30. The number of aromatic nitrogens is 5. The van der Waals surface area contributed by atoms with Crippen molar-refractivity contribution in [1.82, 2.24) is 30.0 Å². The van der Waals surface area contributed by atoms with Gasteiger partial charge in [-0.2, -0.15) is 5.10 Å². The third-order valence-corrected chi connectivity index (χ3v) is 5.57. The van der Waals surface area contributed by atoms with Gasteiger partial charge in [0.1, 0.15) is 0 Å². The number of hydrogen-bond donors (Lipinski definition) is 1. The molecule has 0 unspecified atom stereocenters. The van der Waals surface area contributed by atoms with Gasteiger partial charge in [-0.3, -0.25) is 14.8 Å². The second-order valence-corrected chi connectivity index (χ2v) is 8.35. The highest BCUT2D eigenvalue weighted by Crippen LogP contribution is 2.26. The van der Waals surface area contributed by atoms with E-state index >= 15 is 0 Å². The average Bonchev–Trinajstić information content (AvgIpc) is 3.26. The molecule has 0 aliphatic rings. The van der Waals surface area contributed by atoms with E-state index in [0.717, 1.165) is 33.5 Å². The standard InChI is InChI=1S/C26H21ClN6O/c1-17-4-2-7-25(31-17)33-24(19-8-9-22-23(13-19)29-11-10-28-22)14-21(32-33)15-26(34)30-16-18-5-3-6-20(27)12-18/h2-14H,15-16H2,1H3,(H,30,34). The van der Waals surface area contributed by atoms with Crippen molar-refractivity contribution >= 4 is 28.5 Å². The zero-order valence-corrected chi connectivity index (χ0v) is 19.2. The fourth-order valence-electron chi connectivity index (χ4n) is 3.74. The molecule has 5 aromatic rings. The molecule has 0 aliphatic carbocycles. The number of carbonyl (C=O) groups excluding carboxylic acids is 1. The summed E-state index contributed by atoms with van der Waals surface area (Å²) in [6.45, 7) is 2.33. The van der Waals surface area contributed by atoms with Gasteiger partial charge in [0.2, 0.25) is 5.91 Å². The first-order valence-electron chi connectivity index (χ1n) is 10.8. The number of nitrogens with one attached hydrogen (secondary N) is 1. The lowest BCUT2D eigenvalue weighted by Gasteiger charge is -2.08. The Morgan fingerprint density at radius 1 is 0.971 bits per heavy atom. The lowest BCUT2D eigenvalue weighted by Crippen LogP contribution is -2.24. The van der Waals surface area contributed by atoms with Gasteiger partial charge in [-0.15, -0.1) is 0 Å². The van der Waals surface area contributed by atoms with Gasteiger partial charge in [0.15, 0.2) is 5.82 Å². The van der Waals surface area contributed by atoms with Crippen LogP contribution in [0.3, 0.4) is 0 Å². The van der Waals surface area contributed by atoms with Crippen molar-refractivity contribution in [2.45, 2.75) is 19.9 Å². The van der Waals surface area contributed by atoms with Crippen LogP contribution in [0.4, 0.5) is 0 Å². The molecule has 1 amide bonds. The summed E-state index contributed by atoms with van der Waals surface area (Å²) in [5.74, 6) is 0.553. The quantitative estimate of drug-likeness (QED) is 0.390. The monoisotopic (exact) mass is 468 g/mol. The number of fused-ring (bicyclic) bond motifs is 1. The van der Waals surface area contributed by atoms with Gasteiger partial charge >= 0.3 is 0 Å². The van der Waals surface area contributed by atoms with Gasteiger partial charge in [0.25, 0.3) is 0 Å². The average molecular weight is 469 g/mol. The predicted molar refractivity (Wildman–Crippen MR) is 132 cm³/mol. The van der Waals surface area contributed by atoms with E-state index in [1.807, 2.05) is 67.6 Å². The van der Waals surface area contributed by atoms with E-state index in [1.165, 1.54) is 0 Å². The van der Waals surface area contributed by atoms with Crippen LogP contribution in [0.15, 0.2) is 79.1 Å². The molecule has 0 bridgehead atoms. The minimum Gasteiger partial charge on any atom is -0.352 e. The number of halogens is 1. The van der Waals surface area contributed by atoms with Crippen LogP contribution in [0.25, 0.3) is 28.1 Å². The number of benzene rings is 2. The summed E-state index contributed by atoms with van der Waals surface area (Å²) >= 11 is 6.03. The van der Waals surface area contributed by atoms with Crippen molar-refractivity contribution < 1.29 is 4.79 Å². The molecule has 3 heterocycles. The number of carbonyl (C=O) groups is 1. The van der Waals surface area contributed by atoms with Gasteiger partial charge in [0, 0.05) is 35.2 Å². The minimum absolute atomic E-state index is 0.127. The van der Waals surface area contributed by atoms with Crippen molar-refractivity contribution in [1.29, 1.82) is 0 Å². The number of rotatable bonds is 6. The second-order valence-electron chi connectivity index (χ2n) is 7.91. The van der Waals surface area contributed by atoms with Gasteiger partial charge < -0.3 is 5.32 Å². The zero-order chi connectivity index (χ0) is 23.5. The highest BCUT2D eigenvalue weighted by Gasteiger charge is 2.16. The smallest absolute Gasteiger partial charge is 0.226 e. The van der Waals surface area contributed by atoms with Crippen molar-refractivity contribution in [3.8, 4) is 17.1 Å². The molecule has 3 aromatic heterocycles. The van der Waals surface area contributed by atoms with Crippen LogP contribution >= 0.6 is 11.6 Å². The number of pyridine rings is 1. The molecule has 34 heavy (non-hydrogen) atoms. The third kappa shape index (κ3) is 4.79. The maximum Gasteiger partial charge on any atom is 0.226 e. The number of aryl methyl sites for hydroxylation is 1. The van der Waals surface area contributed by atoms with E-state index in [2.05, 4.69) is 20.3 Å². The van der Waals surface area contributed by atoms with Crippen molar-refractivity contribution in [3.63, 3.8) is 0 Å². The molecular formula is C26H21ClN6O. The van der Waals surface area contributed by atoms with E-state index in [1.54, 1.807) is 23.1 Å². The molecule has 5 rings (SSSR count). The Morgan fingerprint density at radius 3 is 2.62 bits per heavy atom. The molecular weight excluding hydrogens is 448 g/mol. The van der Waals surface area contributed by atoms with Gasteiger partial charge in [-0.05, 0) is 55.0 Å². The van der Waals surface area contributed by atoms with E-state index in [-0.39, 0.29) is 12.3 Å². The number of nitrogens with zero attached hydrogens (tertiary/aromatic N) is 5. The zero-order valence-electron chi connectivity index (χ0n) is 18.4. The summed E-state index contributed by atoms with van der Waals surface area (Å²) in [7, 11) is 0. The first-order valence-corrected chi connectivity index (χ1v) is 11.2. The Kier molecular flexibility index (Phi) is 6.01. The molecule has 7 nitrogen and oxygen atoms in total. The first kappa shape index (κ1) is 21.7. The van der Waals surface area contributed by atoms with E-state index in [0.29, 0.717) is 23.1 Å². The molecule has 2 aromatic carbocycles. The molecule has 0 spiro atoms. The summed E-state index contributed by atoms with van der Waals surface area (Å²) in [4.78, 5) is 26.1. The molecule has 0 atom stereocenters. The third-order valence-electron chi connectivity index (χ3n) is 5.34. The van der Waals surface area contributed by atoms with Gasteiger partial charge in [0.05, 0.1) is 28.8 Å². The number of amides is 1. The first-order chi connectivity index (χ1) is 16.5. The van der Waals surface area contributed by atoms with E-state index < -0.39 is 0 Å². The predicted octanol–water partition coefficient (Wildman–Crippen LogP) is 4.70. The van der Waals surface area contributed by atoms with Crippen LogP contribution in [0.1, 0.15) is 17.0 Å². The molecule has 168 valence electrons. The second kappa shape index (κ2) is 9.41. The fourth-order valence-corrected chi connectivity index (χ4v) is 3.95. The summed E-state index contributed by atoms with van der Waals surface area (Å²) < 4.78 is 1.77. The molecule has 0 fully saturated rings. The Bertz CT molecular complexity index is 1500. The fraction of sp³-hybridized carbons (Fsp3) is 0.115. The van der Waals surface area contributed by atoms with Crippen LogP contribution in [-0.4, -0.2) is 30.6 Å². The molecule has 0 saturated carbocycles. The van der Waals surface area contributed by atoms with Crippen LogP contribution in [0.5, 0.6) is 0 Å². The Hall–Kier alpha value is -4.10. The highest BCUT2D eigenvalue weighted by atomic mass is 35.5. The van der Waals surface area contributed by atoms with E-state index in [9.17, 15) is 4.79 Å². The maximum absolute atomic E-state index is 12.7. The normalized spacial score (nSPS) is 11.0. The van der Waals surface area contributed by atoms with Crippen LogP contribution < -0.4 is 5.32 Å². The molecule has 0 aliphatic heterocycles. The Balaban J connectivity index is 1.45. The topological polar surface area (TPSA) is 85.6 Å². The van der Waals surface area contributed by atoms with Crippen molar-refractivity contribution in [2.75, 3.05) is 0 Å². The number of hydrogen-bond acceptors (Lipinski definition) is 5. The van der Waals surface area contributed by atoms with E-state index in [4.69, 9.17) is 16.7 Å². The van der Waals surface area contributed by atoms with Gasteiger partial charge in [-0.1, -0.05) is 35.9 Å². The minimum atomic E-state index is -0.127. The lowest BCUT2D eigenvalue weighted by atomic mass is 10.1. The highest BCUT2D eigenvalue weighted by molar-refractivity contribution is 6.30. The van der Waals surface area contributed by atoms with Gasteiger partial charge in [-0.25, -0.2) is 9.67 Å². The molecule has 8 heteroatoms. The van der Waals surface area contributed by atoms with Crippen LogP contribution in [0, 0.1) is 6.92 Å². The Labute approximate surface area is 201 Å². The Morgan fingerprint density at radius 2 is 1.79 bits per heavy atom. The summed E-state index contributed by atoms with van der Waals surface area (Å²) in [5.41, 5.74) is 5.79. The van der Waals surface area contributed by atoms with Crippen molar-refractivity contribution in [2.24, 2.45) is 0 Å². The van der Waals surface area contributed by atoms with Crippen molar-refractivity contribution in [3.05, 3.63) is 101 Å². The van der Waals surface area contributed by atoms with Crippen LogP contribution in [-0.2, 0) is 17.8 Å². The maximum atomic E-state index is 12.7. The SMILES string of the molecule is Cc1cccc(-n2nc(CC(=O)NCc3cccc(Cl)c3)cc2-c2ccc3nccnc3c2)n1. The summed E-state index contributed by atoms with van der Waals surface area (Å²) in [6.07, 6.45) is 3.48. The summed E-state index contributed by atoms with van der Waals surface area (Å²) in [6, 6.07) is 21.0.